The molecule has 1 atom stereocenters. The van der Waals surface area contributed by atoms with E-state index in [0.717, 1.165) is 43.7 Å². The minimum atomic E-state index is 0.198. The summed E-state index contributed by atoms with van der Waals surface area (Å²) in [6.45, 7) is 2.63. The lowest BCUT2D eigenvalue weighted by Gasteiger charge is -2.23. The Morgan fingerprint density at radius 2 is 2.26 bits per heavy atom. The van der Waals surface area contributed by atoms with Gasteiger partial charge in [0.15, 0.2) is 5.82 Å². The van der Waals surface area contributed by atoms with Crippen LogP contribution in [0, 0.1) is 11.3 Å². The molecule has 1 saturated carbocycles. The molecule has 2 N–H and O–H groups in total. The molecule has 2 aliphatic rings. The number of rotatable bonds is 4. The van der Waals surface area contributed by atoms with E-state index in [4.69, 9.17) is 0 Å². The maximum atomic E-state index is 12.4. The van der Waals surface area contributed by atoms with Crippen LogP contribution >= 0.6 is 0 Å². The molecule has 1 aliphatic carbocycles. The topological polar surface area (TPSA) is 71.8 Å². The SMILES string of the molecule is O=C(NCc1ccnc(-n2cccn2)c1)C1CC12CCNCC2. The number of nitrogens with one attached hydrogen (secondary N) is 2. The van der Waals surface area contributed by atoms with Crippen molar-refractivity contribution in [3.05, 3.63) is 42.4 Å². The van der Waals surface area contributed by atoms with E-state index in [2.05, 4.69) is 20.7 Å². The summed E-state index contributed by atoms with van der Waals surface area (Å²) in [4.78, 5) is 16.7. The summed E-state index contributed by atoms with van der Waals surface area (Å²) in [7, 11) is 0. The standard InChI is InChI=1S/C17H21N5O/c23-16(14-11-17(14)3-7-18-8-4-17)20-12-13-2-6-19-15(10-13)22-9-1-5-21-22/h1-2,5-6,9-10,14,18H,3-4,7-8,11-12H2,(H,20,23). The van der Waals surface area contributed by atoms with Crippen LogP contribution in [0.4, 0.5) is 0 Å². The Bertz CT molecular complexity index is 691. The van der Waals surface area contributed by atoms with Gasteiger partial charge >= 0.3 is 0 Å². The molecule has 1 saturated heterocycles. The number of hydrogen-bond donors (Lipinski definition) is 2. The van der Waals surface area contributed by atoms with Crippen LogP contribution in [0.3, 0.4) is 0 Å². The highest BCUT2D eigenvalue weighted by atomic mass is 16.2. The first-order chi connectivity index (χ1) is 11.3. The summed E-state index contributed by atoms with van der Waals surface area (Å²) in [6.07, 6.45) is 8.64. The Hall–Kier alpha value is -2.21. The Morgan fingerprint density at radius 1 is 1.39 bits per heavy atom. The molecule has 1 spiro atoms. The number of nitrogens with zero attached hydrogens (tertiary/aromatic N) is 3. The number of carbonyl (C=O) groups is 1. The Balaban J connectivity index is 1.36. The first-order valence-electron chi connectivity index (χ1n) is 8.20. The molecule has 0 aromatic carbocycles. The number of piperidine rings is 1. The molecule has 23 heavy (non-hydrogen) atoms. The van der Waals surface area contributed by atoms with Gasteiger partial charge in [0.05, 0.1) is 0 Å². The monoisotopic (exact) mass is 311 g/mol. The molecule has 1 unspecified atom stereocenters. The van der Waals surface area contributed by atoms with Gasteiger partial charge in [0, 0.05) is 31.1 Å². The zero-order valence-corrected chi connectivity index (χ0v) is 13.0. The van der Waals surface area contributed by atoms with Crippen molar-refractivity contribution in [1.29, 1.82) is 0 Å². The molecule has 3 heterocycles. The highest BCUT2D eigenvalue weighted by Crippen LogP contribution is 2.58. The zero-order chi connectivity index (χ0) is 15.7. The molecule has 1 amide bonds. The molecule has 120 valence electrons. The van der Waals surface area contributed by atoms with Gasteiger partial charge in [0.2, 0.25) is 5.91 Å². The van der Waals surface area contributed by atoms with Crippen molar-refractivity contribution in [2.24, 2.45) is 11.3 Å². The predicted molar refractivity (Wildman–Crippen MR) is 85.8 cm³/mol. The minimum Gasteiger partial charge on any atom is -0.352 e. The highest BCUT2D eigenvalue weighted by Gasteiger charge is 2.57. The van der Waals surface area contributed by atoms with Crippen LogP contribution < -0.4 is 10.6 Å². The van der Waals surface area contributed by atoms with Crippen molar-refractivity contribution in [3.8, 4) is 5.82 Å². The lowest BCUT2D eigenvalue weighted by Crippen LogP contribution is -2.33. The summed E-state index contributed by atoms with van der Waals surface area (Å²) in [5.41, 5.74) is 1.33. The third kappa shape index (κ3) is 2.86. The lowest BCUT2D eigenvalue weighted by atomic mass is 9.92. The fourth-order valence-electron chi connectivity index (χ4n) is 3.61. The average Bonchev–Trinajstić information content (AvgIpc) is 3.02. The molecular formula is C17H21N5O. The maximum Gasteiger partial charge on any atom is 0.223 e. The van der Waals surface area contributed by atoms with Crippen molar-refractivity contribution < 1.29 is 4.79 Å². The first-order valence-corrected chi connectivity index (χ1v) is 8.20. The normalized spacial score (nSPS) is 22.0. The smallest absolute Gasteiger partial charge is 0.223 e. The van der Waals surface area contributed by atoms with Crippen molar-refractivity contribution in [2.75, 3.05) is 13.1 Å². The van der Waals surface area contributed by atoms with Gasteiger partial charge in [-0.15, -0.1) is 0 Å². The van der Waals surface area contributed by atoms with Crippen LogP contribution in [-0.2, 0) is 11.3 Å². The molecule has 0 bridgehead atoms. The zero-order valence-electron chi connectivity index (χ0n) is 13.0. The van der Waals surface area contributed by atoms with E-state index >= 15 is 0 Å². The summed E-state index contributed by atoms with van der Waals surface area (Å²) in [5.74, 6) is 1.17. The van der Waals surface area contributed by atoms with Gasteiger partial charge in [-0.05, 0) is 61.5 Å². The molecule has 6 heteroatoms. The predicted octanol–water partition coefficient (Wildman–Crippen LogP) is 1.27. The van der Waals surface area contributed by atoms with Crippen molar-refractivity contribution in [1.82, 2.24) is 25.4 Å². The number of amides is 1. The van der Waals surface area contributed by atoms with Gasteiger partial charge in [-0.1, -0.05) is 0 Å². The van der Waals surface area contributed by atoms with Crippen LogP contribution in [0.25, 0.3) is 5.82 Å². The summed E-state index contributed by atoms with van der Waals surface area (Å²) in [6, 6.07) is 5.75. The van der Waals surface area contributed by atoms with Gasteiger partial charge < -0.3 is 10.6 Å². The molecule has 2 fully saturated rings. The fourth-order valence-corrected chi connectivity index (χ4v) is 3.61. The van der Waals surface area contributed by atoms with E-state index in [0.29, 0.717) is 6.54 Å². The summed E-state index contributed by atoms with van der Waals surface area (Å²) >= 11 is 0. The van der Waals surface area contributed by atoms with Crippen LogP contribution in [0.15, 0.2) is 36.8 Å². The van der Waals surface area contributed by atoms with Crippen molar-refractivity contribution in [2.45, 2.75) is 25.8 Å². The van der Waals surface area contributed by atoms with Crippen LogP contribution in [0.2, 0.25) is 0 Å². The quantitative estimate of drug-likeness (QED) is 0.892. The second kappa shape index (κ2) is 5.77. The average molecular weight is 311 g/mol. The Labute approximate surface area is 135 Å². The van der Waals surface area contributed by atoms with Gasteiger partial charge in [-0.2, -0.15) is 5.10 Å². The second-order valence-corrected chi connectivity index (χ2v) is 6.56. The van der Waals surface area contributed by atoms with E-state index < -0.39 is 0 Å². The largest absolute Gasteiger partial charge is 0.352 e. The van der Waals surface area contributed by atoms with E-state index in [1.807, 2.05) is 24.4 Å². The van der Waals surface area contributed by atoms with Gasteiger partial charge in [0.1, 0.15) is 0 Å². The van der Waals surface area contributed by atoms with E-state index in [1.165, 1.54) is 0 Å². The highest BCUT2D eigenvalue weighted by molar-refractivity contribution is 5.82. The number of hydrogen-bond acceptors (Lipinski definition) is 4. The number of aromatic nitrogens is 3. The second-order valence-electron chi connectivity index (χ2n) is 6.56. The van der Waals surface area contributed by atoms with Gasteiger partial charge in [0.25, 0.3) is 0 Å². The minimum absolute atomic E-state index is 0.198. The van der Waals surface area contributed by atoms with Crippen LogP contribution in [0.5, 0.6) is 0 Å². The summed E-state index contributed by atoms with van der Waals surface area (Å²) < 4.78 is 1.72. The summed E-state index contributed by atoms with van der Waals surface area (Å²) in [5, 5.41) is 10.6. The molecule has 6 nitrogen and oxygen atoms in total. The third-order valence-electron chi connectivity index (χ3n) is 5.12. The van der Waals surface area contributed by atoms with E-state index in [-0.39, 0.29) is 17.2 Å². The third-order valence-corrected chi connectivity index (χ3v) is 5.12. The van der Waals surface area contributed by atoms with Crippen LogP contribution in [-0.4, -0.2) is 33.8 Å². The first kappa shape index (κ1) is 14.4. The number of pyridine rings is 1. The van der Waals surface area contributed by atoms with Gasteiger partial charge in [-0.3, -0.25) is 4.79 Å². The molecule has 2 aromatic rings. The molecule has 1 aliphatic heterocycles. The molecule has 4 rings (SSSR count). The Morgan fingerprint density at radius 3 is 3.04 bits per heavy atom. The van der Waals surface area contributed by atoms with Crippen LogP contribution in [0.1, 0.15) is 24.8 Å². The fraction of sp³-hybridized carbons (Fsp3) is 0.471. The van der Waals surface area contributed by atoms with Crippen molar-refractivity contribution in [3.63, 3.8) is 0 Å². The molecule has 0 radical (unpaired) electrons. The molecule has 2 aromatic heterocycles. The lowest BCUT2D eigenvalue weighted by molar-refractivity contribution is -0.123. The van der Waals surface area contributed by atoms with Crippen molar-refractivity contribution >= 4 is 5.91 Å². The van der Waals surface area contributed by atoms with E-state index in [9.17, 15) is 4.79 Å². The maximum absolute atomic E-state index is 12.4. The Kier molecular flexibility index (Phi) is 3.61. The van der Waals surface area contributed by atoms with E-state index in [1.54, 1.807) is 17.1 Å². The number of carbonyl (C=O) groups excluding carboxylic acids is 1. The molecular weight excluding hydrogens is 290 g/mol. The van der Waals surface area contributed by atoms with Gasteiger partial charge in [-0.25, -0.2) is 9.67 Å².